The van der Waals surface area contributed by atoms with E-state index in [1.807, 2.05) is 61.6 Å². The van der Waals surface area contributed by atoms with E-state index in [1.165, 1.54) is 0 Å². The van der Waals surface area contributed by atoms with Crippen LogP contribution in [0.25, 0.3) is 21.0 Å². The highest BCUT2D eigenvalue weighted by atomic mass is 32.1. The van der Waals surface area contributed by atoms with E-state index in [-0.39, 0.29) is 5.91 Å². The molecule has 0 spiro atoms. The Labute approximate surface area is 144 Å². The first-order valence-corrected chi connectivity index (χ1v) is 8.61. The van der Waals surface area contributed by atoms with Crippen molar-refractivity contribution < 1.29 is 4.79 Å². The van der Waals surface area contributed by atoms with E-state index in [0.717, 1.165) is 26.0 Å². The SMILES string of the molecule is CN(Cc1nc2ccccc2s1)C(=O)c1ccc2ccccc2c1. The first-order valence-electron chi connectivity index (χ1n) is 7.79. The molecule has 0 radical (unpaired) electrons. The van der Waals surface area contributed by atoms with Crippen molar-refractivity contribution in [2.75, 3.05) is 7.05 Å². The van der Waals surface area contributed by atoms with Gasteiger partial charge < -0.3 is 4.90 Å². The molecule has 1 heterocycles. The maximum Gasteiger partial charge on any atom is 0.253 e. The number of amides is 1. The minimum absolute atomic E-state index is 0.0139. The van der Waals surface area contributed by atoms with E-state index in [0.29, 0.717) is 12.1 Å². The lowest BCUT2D eigenvalue weighted by molar-refractivity contribution is 0.0785. The average molecular weight is 332 g/mol. The van der Waals surface area contributed by atoms with E-state index in [2.05, 4.69) is 17.1 Å². The van der Waals surface area contributed by atoms with Gasteiger partial charge >= 0.3 is 0 Å². The number of para-hydroxylation sites is 1. The third-order valence-electron chi connectivity index (χ3n) is 4.05. The summed E-state index contributed by atoms with van der Waals surface area (Å²) < 4.78 is 1.15. The molecule has 0 fully saturated rings. The quantitative estimate of drug-likeness (QED) is 0.544. The summed E-state index contributed by atoms with van der Waals surface area (Å²) >= 11 is 1.64. The molecule has 4 rings (SSSR count). The highest BCUT2D eigenvalue weighted by Gasteiger charge is 2.14. The lowest BCUT2D eigenvalue weighted by Crippen LogP contribution is -2.26. The minimum atomic E-state index is 0.0139. The number of nitrogens with zero attached hydrogens (tertiary/aromatic N) is 2. The summed E-state index contributed by atoms with van der Waals surface area (Å²) in [5, 5.41) is 3.17. The van der Waals surface area contributed by atoms with Gasteiger partial charge in [0.2, 0.25) is 0 Å². The Balaban J connectivity index is 1.58. The van der Waals surface area contributed by atoms with E-state index < -0.39 is 0 Å². The summed E-state index contributed by atoms with van der Waals surface area (Å²) in [5.41, 5.74) is 1.70. The normalized spacial score (nSPS) is 11.0. The van der Waals surface area contributed by atoms with Crippen molar-refractivity contribution in [1.29, 1.82) is 0 Å². The molecule has 3 nitrogen and oxygen atoms in total. The fourth-order valence-corrected chi connectivity index (χ4v) is 3.83. The number of hydrogen-bond donors (Lipinski definition) is 0. The van der Waals surface area contributed by atoms with E-state index >= 15 is 0 Å². The van der Waals surface area contributed by atoms with Crippen molar-refractivity contribution in [1.82, 2.24) is 9.88 Å². The minimum Gasteiger partial charge on any atom is -0.335 e. The molecular formula is C20H16N2OS. The lowest BCUT2D eigenvalue weighted by Gasteiger charge is -2.16. The number of aromatic nitrogens is 1. The molecule has 0 unspecified atom stereocenters. The maximum absolute atomic E-state index is 12.7. The zero-order valence-electron chi connectivity index (χ0n) is 13.3. The molecule has 1 aromatic heterocycles. The molecule has 0 bridgehead atoms. The molecule has 0 aliphatic rings. The maximum atomic E-state index is 12.7. The third kappa shape index (κ3) is 2.76. The van der Waals surface area contributed by atoms with Gasteiger partial charge in [-0.1, -0.05) is 42.5 Å². The van der Waals surface area contributed by atoms with Gasteiger partial charge in [0.1, 0.15) is 5.01 Å². The molecule has 0 aliphatic heterocycles. The molecule has 4 aromatic rings. The van der Waals surface area contributed by atoms with Crippen LogP contribution < -0.4 is 0 Å². The van der Waals surface area contributed by atoms with Crippen molar-refractivity contribution >= 4 is 38.2 Å². The summed E-state index contributed by atoms with van der Waals surface area (Å²) in [6.07, 6.45) is 0. The van der Waals surface area contributed by atoms with Gasteiger partial charge in [-0.05, 0) is 35.0 Å². The van der Waals surface area contributed by atoms with Gasteiger partial charge in [0, 0.05) is 12.6 Å². The van der Waals surface area contributed by atoms with Crippen LogP contribution in [-0.4, -0.2) is 22.8 Å². The van der Waals surface area contributed by atoms with Crippen LogP contribution >= 0.6 is 11.3 Å². The molecule has 24 heavy (non-hydrogen) atoms. The predicted octanol–water partition coefficient (Wildman–Crippen LogP) is 4.72. The van der Waals surface area contributed by atoms with Gasteiger partial charge in [0.25, 0.3) is 5.91 Å². The number of carbonyl (C=O) groups is 1. The number of fused-ring (bicyclic) bond motifs is 2. The van der Waals surface area contributed by atoms with Crippen LogP contribution in [0.5, 0.6) is 0 Å². The van der Waals surface area contributed by atoms with Gasteiger partial charge in [-0.2, -0.15) is 0 Å². The second-order valence-electron chi connectivity index (χ2n) is 5.80. The van der Waals surface area contributed by atoms with Gasteiger partial charge in [-0.3, -0.25) is 4.79 Å². The second-order valence-corrected chi connectivity index (χ2v) is 6.91. The van der Waals surface area contributed by atoms with E-state index in [4.69, 9.17) is 0 Å². The molecule has 0 saturated carbocycles. The van der Waals surface area contributed by atoms with Crippen LogP contribution in [0.4, 0.5) is 0 Å². The lowest BCUT2D eigenvalue weighted by atomic mass is 10.1. The van der Waals surface area contributed by atoms with Crippen LogP contribution in [-0.2, 0) is 6.54 Å². The summed E-state index contributed by atoms with van der Waals surface area (Å²) in [5.74, 6) is 0.0139. The smallest absolute Gasteiger partial charge is 0.253 e. The Morgan fingerprint density at radius 3 is 2.58 bits per heavy atom. The topological polar surface area (TPSA) is 33.2 Å². The number of thiazole rings is 1. The Bertz CT molecular complexity index is 1000. The largest absolute Gasteiger partial charge is 0.335 e. The van der Waals surface area contributed by atoms with Crippen LogP contribution in [0.15, 0.2) is 66.7 Å². The van der Waals surface area contributed by atoms with Crippen LogP contribution in [0, 0.1) is 0 Å². The van der Waals surface area contributed by atoms with Gasteiger partial charge in [-0.25, -0.2) is 4.98 Å². The Morgan fingerprint density at radius 1 is 1.00 bits per heavy atom. The van der Waals surface area contributed by atoms with Crippen molar-refractivity contribution in [3.63, 3.8) is 0 Å². The Hall–Kier alpha value is -2.72. The first kappa shape index (κ1) is 14.8. The van der Waals surface area contributed by atoms with E-state index in [1.54, 1.807) is 16.2 Å². The summed E-state index contributed by atoms with van der Waals surface area (Å²) in [6, 6.07) is 21.9. The fourth-order valence-electron chi connectivity index (χ4n) is 2.80. The molecule has 0 N–H and O–H groups in total. The Kier molecular flexibility index (Phi) is 3.75. The molecule has 118 valence electrons. The van der Waals surface area contributed by atoms with Gasteiger partial charge in [0.05, 0.1) is 16.8 Å². The number of rotatable bonds is 3. The Morgan fingerprint density at radius 2 is 1.75 bits per heavy atom. The first-order chi connectivity index (χ1) is 11.7. The van der Waals surface area contributed by atoms with Crippen molar-refractivity contribution in [2.24, 2.45) is 0 Å². The number of benzene rings is 3. The standard InChI is InChI=1S/C20H16N2OS/c1-22(13-19-21-17-8-4-5-9-18(17)24-19)20(23)16-11-10-14-6-2-3-7-15(14)12-16/h2-12H,13H2,1H3. The molecule has 0 atom stereocenters. The highest BCUT2D eigenvalue weighted by molar-refractivity contribution is 7.18. The van der Waals surface area contributed by atoms with Crippen molar-refractivity contribution in [2.45, 2.75) is 6.54 Å². The molecule has 4 heteroatoms. The summed E-state index contributed by atoms with van der Waals surface area (Å²) in [6.45, 7) is 0.519. The van der Waals surface area contributed by atoms with Crippen LogP contribution in [0.2, 0.25) is 0 Å². The molecular weight excluding hydrogens is 316 g/mol. The zero-order chi connectivity index (χ0) is 16.5. The number of carbonyl (C=O) groups excluding carboxylic acids is 1. The predicted molar refractivity (Wildman–Crippen MR) is 99.4 cm³/mol. The summed E-state index contributed by atoms with van der Waals surface area (Å²) in [4.78, 5) is 19.0. The molecule has 3 aromatic carbocycles. The molecule has 0 aliphatic carbocycles. The highest BCUT2D eigenvalue weighted by Crippen LogP contribution is 2.23. The fraction of sp³-hybridized carbons (Fsp3) is 0.100. The third-order valence-corrected chi connectivity index (χ3v) is 5.07. The van der Waals surface area contributed by atoms with Crippen molar-refractivity contribution in [3.8, 4) is 0 Å². The second kappa shape index (κ2) is 6.06. The molecule has 1 amide bonds. The number of hydrogen-bond acceptors (Lipinski definition) is 3. The van der Waals surface area contributed by atoms with Crippen LogP contribution in [0.3, 0.4) is 0 Å². The van der Waals surface area contributed by atoms with Gasteiger partial charge in [0.15, 0.2) is 0 Å². The van der Waals surface area contributed by atoms with Crippen molar-refractivity contribution in [3.05, 3.63) is 77.3 Å². The monoisotopic (exact) mass is 332 g/mol. The van der Waals surface area contributed by atoms with Crippen LogP contribution in [0.1, 0.15) is 15.4 Å². The summed E-state index contributed by atoms with van der Waals surface area (Å²) in [7, 11) is 1.82. The average Bonchev–Trinajstić information content (AvgIpc) is 3.02. The molecule has 0 saturated heterocycles. The van der Waals surface area contributed by atoms with Gasteiger partial charge in [-0.15, -0.1) is 11.3 Å². The van der Waals surface area contributed by atoms with E-state index in [9.17, 15) is 4.79 Å². The zero-order valence-corrected chi connectivity index (χ0v) is 14.1.